The van der Waals surface area contributed by atoms with Gasteiger partial charge < -0.3 is 5.32 Å². The van der Waals surface area contributed by atoms with Gasteiger partial charge in [0.25, 0.3) is 5.69 Å². The highest BCUT2D eigenvalue weighted by atomic mass is 16.6. The van der Waals surface area contributed by atoms with Crippen LogP contribution in [-0.4, -0.2) is 27.2 Å². The maximum atomic E-state index is 12.2. The van der Waals surface area contributed by atoms with Crippen LogP contribution in [0.5, 0.6) is 0 Å². The van der Waals surface area contributed by atoms with E-state index in [1.165, 1.54) is 12.1 Å². The summed E-state index contributed by atoms with van der Waals surface area (Å²) in [6.45, 7) is 2.62. The summed E-state index contributed by atoms with van der Waals surface area (Å²) in [4.78, 5) is 22.7. The first-order chi connectivity index (χ1) is 13.1. The number of para-hydroxylation sites is 1. The van der Waals surface area contributed by atoms with Crippen molar-refractivity contribution in [2.24, 2.45) is 0 Å². The topological polar surface area (TPSA) is 90.1 Å². The molecule has 0 saturated carbocycles. The number of nitrogens with zero attached hydrogens (tertiary/aromatic N) is 3. The lowest BCUT2D eigenvalue weighted by Gasteiger charge is -2.04. The number of nitrogens with one attached hydrogen (secondary N) is 1. The molecule has 0 unspecified atom stereocenters. The molecule has 1 aromatic heterocycles. The molecule has 7 nitrogen and oxygen atoms in total. The second-order valence-electron chi connectivity index (χ2n) is 6.11. The van der Waals surface area contributed by atoms with Crippen LogP contribution in [0.15, 0.2) is 60.8 Å². The Morgan fingerprint density at radius 1 is 1.15 bits per heavy atom. The predicted molar refractivity (Wildman–Crippen MR) is 103 cm³/mol. The fourth-order valence-electron chi connectivity index (χ4n) is 2.74. The van der Waals surface area contributed by atoms with Gasteiger partial charge in [0, 0.05) is 36.0 Å². The van der Waals surface area contributed by atoms with Gasteiger partial charge in [-0.2, -0.15) is 5.10 Å². The molecule has 3 rings (SSSR count). The standard InChI is InChI=1S/C20H20N4O3/c1-2-12-21-19(25)13-16-14-23(17-6-4-3-5-7-17)22-20(16)15-8-10-18(11-9-15)24(26)27/h3-11,14H,2,12-13H2,1H3,(H,21,25). The maximum Gasteiger partial charge on any atom is 0.269 e. The van der Waals surface area contributed by atoms with Crippen LogP contribution < -0.4 is 5.32 Å². The van der Waals surface area contributed by atoms with Crippen LogP contribution in [0.25, 0.3) is 16.9 Å². The molecule has 7 heteroatoms. The van der Waals surface area contributed by atoms with E-state index in [0.29, 0.717) is 12.2 Å². The summed E-state index contributed by atoms with van der Waals surface area (Å²) in [5, 5.41) is 18.4. The highest BCUT2D eigenvalue weighted by molar-refractivity contribution is 5.81. The molecule has 138 valence electrons. The molecule has 0 bridgehead atoms. The number of nitro groups is 1. The average molecular weight is 364 g/mol. The van der Waals surface area contributed by atoms with Gasteiger partial charge in [-0.1, -0.05) is 25.1 Å². The van der Waals surface area contributed by atoms with E-state index in [0.717, 1.165) is 23.2 Å². The highest BCUT2D eigenvalue weighted by Crippen LogP contribution is 2.26. The van der Waals surface area contributed by atoms with E-state index in [9.17, 15) is 14.9 Å². The normalized spacial score (nSPS) is 10.6. The van der Waals surface area contributed by atoms with Gasteiger partial charge in [-0.3, -0.25) is 14.9 Å². The minimum absolute atomic E-state index is 0.0171. The first-order valence-electron chi connectivity index (χ1n) is 8.74. The third kappa shape index (κ3) is 4.38. The highest BCUT2D eigenvalue weighted by Gasteiger charge is 2.16. The van der Waals surface area contributed by atoms with Crippen molar-refractivity contribution in [3.63, 3.8) is 0 Å². The number of non-ortho nitro benzene ring substituents is 1. The van der Waals surface area contributed by atoms with E-state index in [1.807, 2.05) is 43.5 Å². The second kappa shape index (κ2) is 8.27. The van der Waals surface area contributed by atoms with Gasteiger partial charge in [-0.15, -0.1) is 0 Å². The van der Waals surface area contributed by atoms with Crippen molar-refractivity contribution < 1.29 is 9.72 Å². The maximum absolute atomic E-state index is 12.2. The first-order valence-corrected chi connectivity index (χ1v) is 8.74. The molecular formula is C20H20N4O3. The average Bonchev–Trinajstić information content (AvgIpc) is 3.11. The Kier molecular flexibility index (Phi) is 5.61. The molecular weight excluding hydrogens is 344 g/mol. The fraction of sp³-hybridized carbons (Fsp3) is 0.200. The van der Waals surface area contributed by atoms with E-state index in [-0.39, 0.29) is 18.0 Å². The smallest absolute Gasteiger partial charge is 0.269 e. The lowest BCUT2D eigenvalue weighted by molar-refractivity contribution is -0.384. The number of nitro benzene ring substituents is 1. The molecule has 1 N–H and O–H groups in total. The van der Waals surface area contributed by atoms with Crippen LogP contribution in [0.3, 0.4) is 0 Å². The quantitative estimate of drug-likeness (QED) is 0.513. The summed E-state index contributed by atoms with van der Waals surface area (Å²) in [6.07, 6.45) is 2.89. The Labute approximate surface area is 156 Å². The monoisotopic (exact) mass is 364 g/mol. The number of rotatable bonds is 7. The molecule has 0 saturated heterocycles. The molecule has 0 spiro atoms. The first kappa shape index (κ1) is 18.3. The molecule has 3 aromatic rings. The van der Waals surface area contributed by atoms with Crippen molar-refractivity contribution in [3.05, 3.63) is 76.5 Å². The summed E-state index contributed by atoms with van der Waals surface area (Å²) in [5.74, 6) is -0.0763. The Morgan fingerprint density at radius 3 is 2.48 bits per heavy atom. The van der Waals surface area contributed by atoms with Gasteiger partial charge in [0.1, 0.15) is 0 Å². The van der Waals surface area contributed by atoms with Crippen molar-refractivity contribution in [2.75, 3.05) is 6.54 Å². The summed E-state index contributed by atoms with van der Waals surface area (Å²) >= 11 is 0. The van der Waals surface area contributed by atoms with Crippen molar-refractivity contribution in [3.8, 4) is 16.9 Å². The number of amides is 1. The molecule has 2 aromatic carbocycles. The molecule has 1 amide bonds. The fourth-order valence-corrected chi connectivity index (χ4v) is 2.74. The summed E-state index contributed by atoms with van der Waals surface area (Å²) < 4.78 is 1.72. The SMILES string of the molecule is CCCNC(=O)Cc1cn(-c2ccccc2)nc1-c1ccc([N+](=O)[O-])cc1. The Bertz CT molecular complexity index is 934. The van der Waals surface area contributed by atoms with E-state index < -0.39 is 4.92 Å². The summed E-state index contributed by atoms with van der Waals surface area (Å²) in [7, 11) is 0. The van der Waals surface area contributed by atoms with Crippen LogP contribution in [0.1, 0.15) is 18.9 Å². The number of aromatic nitrogens is 2. The van der Waals surface area contributed by atoms with E-state index >= 15 is 0 Å². The molecule has 0 aliphatic carbocycles. The van der Waals surface area contributed by atoms with E-state index in [1.54, 1.807) is 16.8 Å². The summed E-state index contributed by atoms with van der Waals surface area (Å²) in [5.41, 5.74) is 3.03. The number of benzene rings is 2. The largest absolute Gasteiger partial charge is 0.356 e. The number of hydrogen-bond acceptors (Lipinski definition) is 4. The zero-order chi connectivity index (χ0) is 19.2. The van der Waals surface area contributed by atoms with Gasteiger partial charge in [-0.25, -0.2) is 4.68 Å². The Hall–Kier alpha value is -3.48. The van der Waals surface area contributed by atoms with Crippen molar-refractivity contribution in [1.82, 2.24) is 15.1 Å². The van der Waals surface area contributed by atoms with Crippen LogP contribution in [0, 0.1) is 10.1 Å². The lowest BCUT2D eigenvalue weighted by Crippen LogP contribution is -2.25. The van der Waals surface area contributed by atoms with Crippen LogP contribution in [-0.2, 0) is 11.2 Å². The molecule has 0 aliphatic rings. The summed E-state index contributed by atoms with van der Waals surface area (Å²) in [6, 6.07) is 15.8. The van der Waals surface area contributed by atoms with Crippen LogP contribution in [0.2, 0.25) is 0 Å². The van der Waals surface area contributed by atoms with Crippen molar-refractivity contribution in [2.45, 2.75) is 19.8 Å². The Morgan fingerprint density at radius 2 is 1.85 bits per heavy atom. The number of hydrogen-bond donors (Lipinski definition) is 1. The molecule has 0 aliphatic heterocycles. The van der Waals surface area contributed by atoms with Gasteiger partial charge in [-0.05, 0) is 30.7 Å². The molecule has 1 heterocycles. The minimum atomic E-state index is -0.439. The lowest BCUT2D eigenvalue weighted by atomic mass is 10.1. The van der Waals surface area contributed by atoms with Crippen LogP contribution in [0.4, 0.5) is 5.69 Å². The molecule has 27 heavy (non-hydrogen) atoms. The Balaban J connectivity index is 1.98. The van der Waals surface area contributed by atoms with Crippen LogP contribution >= 0.6 is 0 Å². The molecule has 0 fully saturated rings. The number of carbonyl (C=O) groups excluding carboxylic acids is 1. The van der Waals surface area contributed by atoms with Gasteiger partial charge in [0.2, 0.25) is 5.91 Å². The molecule has 0 atom stereocenters. The third-order valence-corrected chi connectivity index (χ3v) is 4.09. The van der Waals surface area contributed by atoms with Crippen molar-refractivity contribution >= 4 is 11.6 Å². The van der Waals surface area contributed by atoms with Gasteiger partial charge in [0.05, 0.1) is 22.7 Å². The predicted octanol–water partition coefficient (Wildman–Crippen LogP) is 3.52. The number of carbonyl (C=O) groups is 1. The minimum Gasteiger partial charge on any atom is -0.356 e. The zero-order valence-corrected chi connectivity index (χ0v) is 15.0. The van der Waals surface area contributed by atoms with E-state index in [2.05, 4.69) is 10.4 Å². The second-order valence-corrected chi connectivity index (χ2v) is 6.11. The van der Waals surface area contributed by atoms with E-state index in [4.69, 9.17) is 0 Å². The van der Waals surface area contributed by atoms with Crippen molar-refractivity contribution in [1.29, 1.82) is 0 Å². The molecule has 0 radical (unpaired) electrons. The van der Waals surface area contributed by atoms with Gasteiger partial charge >= 0.3 is 0 Å². The van der Waals surface area contributed by atoms with Gasteiger partial charge in [0.15, 0.2) is 0 Å². The zero-order valence-electron chi connectivity index (χ0n) is 15.0. The third-order valence-electron chi connectivity index (χ3n) is 4.09.